The predicted molar refractivity (Wildman–Crippen MR) is 93.6 cm³/mol. The Labute approximate surface area is 139 Å². The zero-order valence-electron chi connectivity index (χ0n) is 12.6. The molecule has 0 saturated heterocycles. The third kappa shape index (κ3) is 2.49. The van der Waals surface area contributed by atoms with E-state index >= 15 is 0 Å². The SMILES string of the molecule is Cc1cc(-c2ccccc2)n2ncc(-c3ccc(Cl)cc3)c2n1. The summed E-state index contributed by atoms with van der Waals surface area (Å²) in [5.41, 5.74) is 6.03. The zero-order chi connectivity index (χ0) is 15.8. The van der Waals surface area contributed by atoms with Gasteiger partial charge in [0.15, 0.2) is 5.65 Å². The maximum absolute atomic E-state index is 5.99. The molecule has 0 fully saturated rings. The summed E-state index contributed by atoms with van der Waals surface area (Å²) in [5, 5.41) is 5.28. The Hall–Kier alpha value is -2.65. The predicted octanol–water partition coefficient (Wildman–Crippen LogP) is 5.03. The van der Waals surface area contributed by atoms with Crippen LogP contribution in [0.5, 0.6) is 0 Å². The second-order valence-electron chi connectivity index (χ2n) is 5.45. The fourth-order valence-corrected chi connectivity index (χ4v) is 2.86. The number of hydrogen-bond acceptors (Lipinski definition) is 2. The molecule has 2 heterocycles. The fraction of sp³-hybridized carbons (Fsp3) is 0.0526. The van der Waals surface area contributed by atoms with Gasteiger partial charge in [-0.15, -0.1) is 0 Å². The van der Waals surface area contributed by atoms with Crippen LogP contribution in [0.15, 0.2) is 66.9 Å². The first-order chi connectivity index (χ1) is 11.2. The quantitative estimate of drug-likeness (QED) is 0.519. The molecule has 0 atom stereocenters. The second kappa shape index (κ2) is 5.52. The molecule has 4 heteroatoms. The van der Waals surface area contributed by atoms with E-state index in [1.165, 1.54) is 0 Å². The third-order valence-corrected chi connectivity index (χ3v) is 4.08. The van der Waals surface area contributed by atoms with Crippen molar-refractivity contribution in [1.29, 1.82) is 0 Å². The molecule has 3 nitrogen and oxygen atoms in total. The number of benzene rings is 2. The van der Waals surface area contributed by atoms with E-state index in [-0.39, 0.29) is 0 Å². The standard InChI is InChI=1S/C19H14ClN3/c1-13-11-18(15-5-3-2-4-6-15)23-19(22-13)17(12-21-23)14-7-9-16(20)10-8-14/h2-12H,1H3. The Morgan fingerprint density at radius 3 is 2.39 bits per heavy atom. The molecule has 0 aliphatic carbocycles. The zero-order valence-corrected chi connectivity index (χ0v) is 13.3. The van der Waals surface area contributed by atoms with Gasteiger partial charge in [0.05, 0.1) is 11.9 Å². The van der Waals surface area contributed by atoms with Crippen molar-refractivity contribution < 1.29 is 0 Å². The first kappa shape index (κ1) is 14.0. The van der Waals surface area contributed by atoms with Gasteiger partial charge in [-0.2, -0.15) is 5.10 Å². The highest BCUT2D eigenvalue weighted by atomic mass is 35.5. The van der Waals surface area contributed by atoms with Gasteiger partial charge in [0.25, 0.3) is 0 Å². The normalized spacial score (nSPS) is 11.0. The van der Waals surface area contributed by atoms with E-state index < -0.39 is 0 Å². The van der Waals surface area contributed by atoms with Crippen LogP contribution in [0.4, 0.5) is 0 Å². The molecule has 0 spiro atoms. The molecule has 2 aromatic heterocycles. The summed E-state index contributed by atoms with van der Waals surface area (Å²) in [6.45, 7) is 2.01. The van der Waals surface area contributed by atoms with E-state index in [0.717, 1.165) is 38.7 Å². The van der Waals surface area contributed by atoms with Crippen molar-refractivity contribution in [1.82, 2.24) is 14.6 Å². The molecule has 2 aromatic carbocycles. The molecule has 0 unspecified atom stereocenters. The Bertz CT molecular complexity index is 973. The van der Waals surface area contributed by atoms with Crippen LogP contribution in [0.3, 0.4) is 0 Å². The van der Waals surface area contributed by atoms with E-state index in [1.807, 2.05) is 60.1 Å². The Balaban J connectivity index is 1.97. The second-order valence-corrected chi connectivity index (χ2v) is 5.89. The van der Waals surface area contributed by atoms with Crippen molar-refractivity contribution in [3.05, 3.63) is 77.6 Å². The summed E-state index contributed by atoms with van der Waals surface area (Å²) in [6.07, 6.45) is 1.86. The lowest BCUT2D eigenvalue weighted by atomic mass is 10.1. The summed E-state index contributed by atoms with van der Waals surface area (Å²) < 4.78 is 1.90. The van der Waals surface area contributed by atoms with Crippen LogP contribution >= 0.6 is 11.6 Å². The molecule has 0 saturated carbocycles. The maximum atomic E-state index is 5.99. The maximum Gasteiger partial charge on any atom is 0.163 e. The largest absolute Gasteiger partial charge is 0.233 e. The van der Waals surface area contributed by atoms with Gasteiger partial charge in [0, 0.05) is 21.8 Å². The molecule has 112 valence electrons. The molecule has 0 aliphatic rings. The van der Waals surface area contributed by atoms with E-state index in [1.54, 1.807) is 0 Å². The average molecular weight is 320 g/mol. The van der Waals surface area contributed by atoms with Gasteiger partial charge in [0.1, 0.15) is 0 Å². The van der Waals surface area contributed by atoms with E-state index in [4.69, 9.17) is 11.6 Å². The number of aryl methyl sites for hydroxylation is 1. The van der Waals surface area contributed by atoms with Crippen molar-refractivity contribution in [2.24, 2.45) is 0 Å². The summed E-state index contributed by atoms with van der Waals surface area (Å²) >= 11 is 5.99. The van der Waals surface area contributed by atoms with Crippen molar-refractivity contribution in [3.8, 4) is 22.4 Å². The average Bonchev–Trinajstić information content (AvgIpc) is 2.99. The van der Waals surface area contributed by atoms with Crippen LogP contribution in [0.2, 0.25) is 5.02 Å². The minimum atomic E-state index is 0.722. The Morgan fingerprint density at radius 2 is 1.65 bits per heavy atom. The molecule has 0 aliphatic heterocycles. The van der Waals surface area contributed by atoms with Crippen molar-refractivity contribution in [2.75, 3.05) is 0 Å². The van der Waals surface area contributed by atoms with Crippen LogP contribution < -0.4 is 0 Å². The molecule has 0 N–H and O–H groups in total. The molecule has 23 heavy (non-hydrogen) atoms. The van der Waals surface area contributed by atoms with Crippen LogP contribution in [-0.2, 0) is 0 Å². The number of halogens is 1. The highest BCUT2D eigenvalue weighted by Crippen LogP contribution is 2.28. The molecule has 0 amide bonds. The van der Waals surface area contributed by atoms with E-state index in [0.29, 0.717) is 0 Å². The van der Waals surface area contributed by atoms with Crippen LogP contribution in [0.1, 0.15) is 5.69 Å². The molecule has 4 aromatic rings. The molecule has 0 bridgehead atoms. The minimum absolute atomic E-state index is 0.722. The van der Waals surface area contributed by atoms with Crippen LogP contribution in [0.25, 0.3) is 28.0 Å². The van der Waals surface area contributed by atoms with Gasteiger partial charge >= 0.3 is 0 Å². The van der Waals surface area contributed by atoms with Crippen molar-refractivity contribution in [2.45, 2.75) is 6.92 Å². The van der Waals surface area contributed by atoms with E-state index in [2.05, 4.69) is 28.3 Å². The van der Waals surface area contributed by atoms with Gasteiger partial charge in [-0.1, -0.05) is 54.1 Å². The smallest absolute Gasteiger partial charge is 0.163 e. The van der Waals surface area contributed by atoms with E-state index in [9.17, 15) is 0 Å². The van der Waals surface area contributed by atoms with Gasteiger partial charge in [-0.3, -0.25) is 0 Å². The van der Waals surface area contributed by atoms with Gasteiger partial charge < -0.3 is 0 Å². The fourth-order valence-electron chi connectivity index (χ4n) is 2.73. The summed E-state index contributed by atoms with van der Waals surface area (Å²) in [5.74, 6) is 0. The van der Waals surface area contributed by atoms with Gasteiger partial charge in [-0.05, 0) is 30.7 Å². The number of aromatic nitrogens is 3. The highest BCUT2D eigenvalue weighted by molar-refractivity contribution is 6.30. The monoisotopic (exact) mass is 319 g/mol. The Kier molecular flexibility index (Phi) is 3.36. The molecular formula is C19H14ClN3. The summed E-state index contributed by atoms with van der Waals surface area (Å²) in [6, 6.07) is 20.0. The minimum Gasteiger partial charge on any atom is -0.233 e. The summed E-state index contributed by atoms with van der Waals surface area (Å²) in [7, 11) is 0. The van der Waals surface area contributed by atoms with Crippen molar-refractivity contribution >= 4 is 17.2 Å². The Morgan fingerprint density at radius 1 is 0.913 bits per heavy atom. The number of rotatable bonds is 2. The lowest BCUT2D eigenvalue weighted by Crippen LogP contribution is -1.98. The first-order valence-electron chi connectivity index (χ1n) is 7.39. The molecule has 4 rings (SSSR count). The lowest BCUT2D eigenvalue weighted by Gasteiger charge is -2.07. The number of hydrogen-bond donors (Lipinski definition) is 0. The van der Waals surface area contributed by atoms with Gasteiger partial charge in [0.2, 0.25) is 0 Å². The first-order valence-corrected chi connectivity index (χ1v) is 7.77. The summed E-state index contributed by atoms with van der Waals surface area (Å²) in [4.78, 5) is 4.69. The lowest BCUT2D eigenvalue weighted by molar-refractivity contribution is 0.938. The molecule has 0 radical (unpaired) electrons. The van der Waals surface area contributed by atoms with Crippen LogP contribution in [-0.4, -0.2) is 14.6 Å². The van der Waals surface area contributed by atoms with Crippen molar-refractivity contribution in [3.63, 3.8) is 0 Å². The van der Waals surface area contributed by atoms with Gasteiger partial charge in [-0.25, -0.2) is 9.50 Å². The topological polar surface area (TPSA) is 30.2 Å². The number of fused-ring (bicyclic) bond motifs is 1. The number of nitrogens with zero attached hydrogens (tertiary/aromatic N) is 3. The van der Waals surface area contributed by atoms with Crippen LogP contribution in [0, 0.1) is 6.92 Å². The third-order valence-electron chi connectivity index (χ3n) is 3.82. The highest BCUT2D eigenvalue weighted by Gasteiger charge is 2.13. The molecular weight excluding hydrogens is 306 g/mol.